The third-order valence-electron chi connectivity index (χ3n) is 5.37. The minimum absolute atomic E-state index is 0.0174. The van der Waals surface area contributed by atoms with Gasteiger partial charge in [0.15, 0.2) is 0 Å². The zero-order valence-electron chi connectivity index (χ0n) is 15.4. The van der Waals surface area contributed by atoms with Crippen LogP contribution in [0.3, 0.4) is 0 Å². The van der Waals surface area contributed by atoms with Crippen molar-refractivity contribution in [2.24, 2.45) is 5.92 Å². The SMILES string of the molecule is CNCC1CCCN(C(=O)c2cccc(S(=O)(=O)NC3CCCC3)c2)C1. The predicted octanol–water partition coefficient (Wildman–Crippen LogP) is 1.98. The summed E-state index contributed by atoms with van der Waals surface area (Å²) in [5, 5.41) is 3.17. The molecule has 1 saturated carbocycles. The van der Waals surface area contributed by atoms with Crippen molar-refractivity contribution in [1.82, 2.24) is 14.9 Å². The average Bonchev–Trinajstić information content (AvgIpc) is 3.14. The molecule has 0 bridgehead atoms. The molecule has 1 unspecified atom stereocenters. The van der Waals surface area contributed by atoms with E-state index in [9.17, 15) is 13.2 Å². The van der Waals surface area contributed by atoms with Crippen LogP contribution in [-0.2, 0) is 10.0 Å². The van der Waals surface area contributed by atoms with Crippen molar-refractivity contribution >= 4 is 15.9 Å². The second kappa shape index (κ2) is 8.50. The number of rotatable bonds is 6. The van der Waals surface area contributed by atoms with Gasteiger partial charge in [0, 0.05) is 24.7 Å². The molecule has 2 aliphatic rings. The van der Waals surface area contributed by atoms with E-state index in [0.717, 1.165) is 58.2 Å². The lowest BCUT2D eigenvalue weighted by molar-refractivity contribution is 0.0674. The van der Waals surface area contributed by atoms with Gasteiger partial charge in [0.2, 0.25) is 10.0 Å². The van der Waals surface area contributed by atoms with Gasteiger partial charge in [0.05, 0.1) is 4.90 Å². The van der Waals surface area contributed by atoms with Crippen molar-refractivity contribution in [3.8, 4) is 0 Å². The average molecular weight is 380 g/mol. The maximum atomic E-state index is 12.9. The Labute approximate surface area is 156 Å². The second-order valence-electron chi connectivity index (χ2n) is 7.45. The van der Waals surface area contributed by atoms with Crippen LogP contribution < -0.4 is 10.0 Å². The van der Waals surface area contributed by atoms with Crippen molar-refractivity contribution in [3.05, 3.63) is 29.8 Å². The summed E-state index contributed by atoms with van der Waals surface area (Å²) >= 11 is 0. The molecule has 1 aromatic carbocycles. The Morgan fingerprint density at radius 2 is 1.96 bits per heavy atom. The molecule has 3 rings (SSSR count). The van der Waals surface area contributed by atoms with E-state index < -0.39 is 10.0 Å². The van der Waals surface area contributed by atoms with E-state index in [0.29, 0.717) is 11.5 Å². The molecule has 1 aliphatic heterocycles. The maximum absolute atomic E-state index is 12.9. The van der Waals surface area contributed by atoms with Crippen LogP contribution in [-0.4, -0.2) is 51.9 Å². The van der Waals surface area contributed by atoms with Gasteiger partial charge in [-0.1, -0.05) is 18.9 Å². The first-order chi connectivity index (χ1) is 12.5. The van der Waals surface area contributed by atoms with Gasteiger partial charge in [0.1, 0.15) is 0 Å². The number of amides is 1. The molecule has 1 heterocycles. The summed E-state index contributed by atoms with van der Waals surface area (Å²) in [6.07, 6.45) is 6.00. The van der Waals surface area contributed by atoms with Crippen LogP contribution >= 0.6 is 0 Å². The fourth-order valence-corrected chi connectivity index (χ4v) is 5.37. The van der Waals surface area contributed by atoms with Gasteiger partial charge in [-0.15, -0.1) is 0 Å². The monoisotopic (exact) mass is 379 g/mol. The molecule has 6 nitrogen and oxygen atoms in total. The number of hydrogen-bond donors (Lipinski definition) is 2. The molecular weight excluding hydrogens is 350 g/mol. The molecule has 144 valence electrons. The summed E-state index contributed by atoms with van der Waals surface area (Å²) < 4.78 is 28.0. The number of sulfonamides is 1. The fourth-order valence-electron chi connectivity index (χ4n) is 4.01. The number of likely N-dealkylation sites (tertiary alicyclic amines) is 1. The Morgan fingerprint density at radius 1 is 1.19 bits per heavy atom. The molecule has 26 heavy (non-hydrogen) atoms. The standard InChI is InChI=1S/C19H29N3O3S/c1-20-13-15-6-5-11-22(14-15)19(23)16-7-4-10-18(12-16)26(24,25)21-17-8-2-3-9-17/h4,7,10,12,15,17,20-21H,2-3,5-6,8-9,11,13-14H2,1H3. The lowest BCUT2D eigenvalue weighted by Crippen LogP contribution is -2.42. The molecule has 2 N–H and O–H groups in total. The predicted molar refractivity (Wildman–Crippen MR) is 102 cm³/mol. The third-order valence-corrected chi connectivity index (χ3v) is 6.89. The summed E-state index contributed by atoms with van der Waals surface area (Å²) in [6, 6.07) is 6.46. The Kier molecular flexibility index (Phi) is 6.32. The summed E-state index contributed by atoms with van der Waals surface area (Å²) in [4.78, 5) is 14.9. The van der Waals surface area contributed by atoms with Crippen molar-refractivity contribution < 1.29 is 13.2 Å². The lowest BCUT2D eigenvalue weighted by atomic mass is 9.97. The zero-order chi connectivity index (χ0) is 18.6. The molecule has 7 heteroatoms. The first-order valence-corrected chi connectivity index (χ1v) is 11.0. The highest BCUT2D eigenvalue weighted by Gasteiger charge is 2.26. The highest BCUT2D eigenvalue weighted by Crippen LogP contribution is 2.22. The summed E-state index contributed by atoms with van der Waals surface area (Å²) in [5.41, 5.74) is 0.449. The van der Waals surface area contributed by atoms with Gasteiger partial charge in [-0.2, -0.15) is 0 Å². The van der Waals surface area contributed by atoms with Gasteiger partial charge >= 0.3 is 0 Å². The van der Waals surface area contributed by atoms with E-state index in [2.05, 4.69) is 10.0 Å². The van der Waals surface area contributed by atoms with Crippen LogP contribution in [0.25, 0.3) is 0 Å². The number of carbonyl (C=O) groups excluding carboxylic acids is 1. The number of piperidine rings is 1. The Bertz CT molecular complexity index is 727. The Hall–Kier alpha value is -1.44. The molecule has 0 aromatic heterocycles. The van der Waals surface area contributed by atoms with Gasteiger partial charge in [0.25, 0.3) is 5.91 Å². The van der Waals surface area contributed by atoms with E-state index in [-0.39, 0.29) is 16.8 Å². The van der Waals surface area contributed by atoms with E-state index >= 15 is 0 Å². The van der Waals surface area contributed by atoms with E-state index in [4.69, 9.17) is 0 Å². The molecule has 2 fully saturated rings. The summed E-state index contributed by atoms with van der Waals surface area (Å²) in [6.45, 7) is 2.34. The van der Waals surface area contributed by atoms with Crippen LogP contribution in [0.15, 0.2) is 29.2 Å². The highest BCUT2D eigenvalue weighted by atomic mass is 32.2. The van der Waals surface area contributed by atoms with E-state index in [1.807, 2.05) is 11.9 Å². The normalized spacial score (nSPS) is 21.9. The van der Waals surface area contributed by atoms with E-state index in [1.165, 1.54) is 6.07 Å². The van der Waals surface area contributed by atoms with Gasteiger partial charge in [-0.25, -0.2) is 13.1 Å². The van der Waals surface area contributed by atoms with Gasteiger partial charge < -0.3 is 10.2 Å². The third kappa shape index (κ3) is 4.64. The minimum atomic E-state index is -3.58. The van der Waals surface area contributed by atoms with Crippen LogP contribution in [0.5, 0.6) is 0 Å². The number of nitrogens with zero attached hydrogens (tertiary/aromatic N) is 1. The number of hydrogen-bond acceptors (Lipinski definition) is 4. The molecule has 1 aromatic rings. The first kappa shape index (κ1) is 19.3. The molecule has 1 saturated heterocycles. The summed E-state index contributed by atoms with van der Waals surface area (Å²) in [5.74, 6) is 0.373. The quantitative estimate of drug-likeness (QED) is 0.792. The van der Waals surface area contributed by atoms with E-state index in [1.54, 1.807) is 18.2 Å². The zero-order valence-corrected chi connectivity index (χ0v) is 16.2. The largest absolute Gasteiger partial charge is 0.338 e. The van der Waals surface area contributed by atoms with Gasteiger partial charge in [-0.05, 0) is 63.4 Å². The smallest absolute Gasteiger partial charge is 0.253 e. The molecule has 0 spiro atoms. The van der Waals surface area contributed by atoms with Crippen molar-refractivity contribution in [3.63, 3.8) is 0 Å². The first-order valence-electron chi connectivity index (χ1n) is 9.56. The molecule has 1 aliphatic carbocycles. The fraction of sp³-hybridized carbons (Fsp3) is 0.632. The van der Waals surface area contributed by atoms with Crippen molar-refractivity contribution in [2.75, 3.05) is 26.7 Å². The highest BCUT2D eigenvalue weighted by molar-refractivity contribution is 7.89. The molecular formula is C19H29N3O3S. The lowest BCUT2D eigenvalue weighted by Gasteiger charge is -2.32. The maximum Gasteiger partial charge on any atom is 0.253 e. The van der Waals surface area contributed by atoms with Crippen LogP contribution in [0.2, 0.25) is 0 Å². The Morgan fingerprint density at radius 3 is 2.69 bits per heavy atom. The van der Waals surface area contributed by atoms with Gasteiger partial charge in [-0.3, -0.25) is 4.79 Å². The number of nitrogens with one attached hydrogen (secondary N) is 2. The topological polar surface area (TPSA) is 78.5 Å². The Balaban J connectivity index is 1.72. The number of benzene rings is 1. The van der Waals surface area contributed by atoms with Crippen LogP contribution in [0.4, 0.5) is 0 Å². The number of carbonyl (C=O) groups is 1. The minimum Gasteiger partial charge on any atom is -0.338 e. The molecule has 1 amide bonds. The van der Waals surface area contributed by atoms with Crippen LogP contribution in [0, 0.1) is 5.92 Å². The molecule has 1 atom stereocenters. The van der Waals surface area contributed by atoms with Crippen molar-refractivity contribution in [2.45, 2.75) is 49.5 Å². The summed E-state index contributed by atoms with van der Waals surface area (Å²) in [7, 11) is -1.66. The second-order valence-corrected chi connectivity index (χ2v) is 9.16. The van der Waals surface area contributed by atoms with Crippen molar-refractivity contribution in [1.29, 1.82) is 0 Å². The molecule has 0 radical (unpaired) electrons. The van der Waals surface area contributed by atoms with Crippen LogP contribution in [0.1, 0.15) is 48.9 Å².